The molecule has 0 radical (unpaired) electrons. The van der Waals surface area contributed by atoms with Gasteiger partial charge in [-0.25, -0.2) is 9.07 Å². The van der Waals surface area contributed by atoms with Gasteiger partial charge in [0.1, 0.15) is 28.2 Å². The van der Waals surface area contributed by atoms with Gasteiger partial charge in [-0.3, -0.25) is 14.2 Å². The zero-order chi connectivity index (χ0) is 28.3. The summed E-state index contributed by atoms with van der Waals surface area (Å²) in [4.78, 5) is 14.5. The van der Waals surface area contributed by atoms with Crippen molar-refractivity contribution in [2.75, 3.05) is 12.3 Å². The van der Waals surface area contributed by atoms with Gasteiger partial charge in [-0.05, 0) is 36.4 Å². The van der Waals surface area contributed by atoms with Crippen LogP contribution in [0.15, 0.2) is 90.0 Å². The number of rotatable bonds is 9. The number of halogens is 1. The number of hydrogen-bond donors (Lipinski definition) is 1. The van der Waals surface area contributed by atoms with Gasteiger partial charge in [0.15, 0.2) is 0 Å². The monoisotopic (exact) mass is 595 g/mol. The summed E-state index contributed by atoms with van der Waals surface area (Å²) in [5.74, 6) is -0.920. The van der Waals surface area contributed by atoms with E-state index in [4.69, 9.17) is 26.6 Å². The summed E-state index contributed by atoms with van der Waals surface area (Å²) in [6, 6.07) is 23.0. The number of hydrogen-bond acceptors (Lipinski definition) is 7. The summed E-state index contributed by atoms with van der Waals surface area (Å²) >= 11 is 6.33. The van der Waals surface area contributed by atoms with Crippen molar-refractivity contribution in [3.8, 4) is 22.7 Å². The lowest BCUT2D eigenvalue weighted by atomic mass is 10.1. The number of thioether (sulfide) groups is 1. The quantitative estimate of drug-likeness (QED) is 0.157. The van der Waals surface area contributed by atoms with Crippen molar-refractivity contribution in [2.24, 2.45) is 0 Å². The van der Waals surface area contributed by atoms with E-state index < -0.39 is 21.8 Å². The molecule has 204 valence electrons. The Balaban J connectivity index is 1.48. The summed E-state index contributed by atoms with van der Waals surface area (Å²) in [7, 11) is -4.26. The van der Waals surface area contributed by atoms with Crippen LogP contribution in [0.4, 0.5) is 4.39 Å². The standard InChI is InChI=1S/C28H22FN3O5S3/c29-24-12-5-4-7-20(24)18-37-23-11-6-8-19(15-23)26-21(17-32(30-26)22-9-2-1-3-10-22)16-25-27(33)31(28(38)39-25)13-14-40(34,35)36/h1-12,15-17H,13-14,18H2,(H,34,35,36). The molecule has 1 amide bonds. The van der Waals surface area contributed by atoms with Gasteiger partial charge >= 0.3 is 0 Å². The van der Waals surface area contributed by atoms with Crippen LogP contribution in [0, 0.1) is 5.82 Å². The molecular formula is C28H22FN3O5S3. The van der Waals surface area contributed by atoms with E-state index in [0.29, 0.717) is 33.0 Å². The number of nitrogens with zero attached hydrogens (tertiary/aromatic N) is 3. The summed E-state index contributed by atoms with van der Waals surface area (Å²) in [5, 5.41) is 4.78. The molecule has 1 aromatic heterocycles. The minimum Gasteiger partial charge on any atom is -0.489 e. The molecule has 12 heteroatoms. The third kappa shape index (κ3) is 6.48. The van der Waals surface area contributed by atoms with E-state index in [0.717, 1.165) is 22.3 Å². The lowest BCUT2D eigenvalue weighted by Crippen LogP contribution is -2.32. The Hall–Kier alpha value is -3.84. The molecule has 1 N–H and O–H groups in total. The number of thiocarbonyl (C=S) groups is 1. The van der Waals surface area contributed by atoms with Crippen molar-refractivity contribution < 1.29 is 26.9 Å². The van der Waals surface area contributed by atoms with E-state index in [1.54, 1.807) is 53.4 Å². The van der Waals surface area contributed by atoms with Gasteiger partial charge in [-0.2, -0.15) is 13.5 Å². The second-order valence-electron chi connectivity index (χ2n) is 8.74. The fourth-order valence-electron chi connectivity index (χ4n) is 3.98. The van der Waals surface area contributed by atoms with Gasteiger partial charge in [0.25, 0.3) is 16.0 Å². The third-order valence-electron chi connectivity index (χ3n) is 5.96. The normalized spacial score (nSPS) is 14.8. The first kappa shape index (κ1) is 27.7. The number of benzene rings is 3. The number of para-hydroxylation sites is 1. The fourth-order valence-corrected chi connectivity index (χ4v) is 5.69. The largest absolute Gasteiger partial charge is 0.489 e. The summed E-state index contributed by atoms with van der Waals surface area (Å²) in [6.45, 7) is -0.203. The average molecular weight is 596 g/mol. The first-order valence-electron chi connectivity index (χ1n) is 12.0. The van der Waals surface area contributed by atoms with Crippen LogP contribution in [0.1, 0.15) is 11.1 Å². The summed E-state index contributed by atoms with van der Waals surface area (Å²) in [6.07, 6.45) is 3.43. The molecule has 2 heterocycles. The van der Waals surface area contributed by atoms with E-state index in [1.165, 1.54) is 6.07 Å². The van der Waals surface area contributed by atoms with E-state index in [-0.39, 0.29) is 23.3 Å². The molecule has 5 rings (SSSR count). The topological polar surface area (TPSA) is 102 Å². The van der Waals surface area contributed by atoms with Crippen LogP contribution < -0.4 is 4.74 Å². The molecule has 0 spiro atoms. The molecule has 1 aliphatic rings. The zero-order valence-electron chi connectivity index (χ0n) is 20.8. The molecule has 0 saturated carbocycles. The molecule has 8 nitrogen and oxygen atoms in total. The number of aromatic nitrogens is 2. The van der Waals surface area contributed by atoms with Crippen molar-refractivity contribution >= 4 is 50.4 Å². The van der Waals surface area contributed by atoms with Crippen molar-refractivity contribution in [3.05, 3.63) is 107 Å². The van der Waals surface area contributed by atoms with Crippen LogP contribution in [0.2, 0.25) is 0 Å². The molecule has 0 bridgehead atoms. The van der Waals surface area contributed by atoms with Crippen LogP contribution >= 0.6 is 24.0 Å². The van der Waals surface area contributed by atoms with Gasteiger partial charge in [0.05, 0.1) is 16.3 Å². The highest BCUT2D eigenvalue weighted by Gasteiger charge is 2.33. The number of carbonyl (C=O) groups is 1. The first-order valence-corrected chi connectivity index (χ1v) is 14.8. The number of amides is 1. The van der Waals surface area contributed by atoms with Gasteiger partial charge in [0, 0.05) is 29.4 Å². The molecule has 40 heavy (non-hydrogen) atoms. The maximum atomic E-state index is 14.1. The van der Waals surface area contributed by atoms with Crippen LogP contribution in [-0.4, -0.2) is 50.2 Å². The average Bonchev–Trinajstić information content (AvgIpc) is 3.47. The van der Waals surface area contributed by atoms with Crippen LogP contribution in [-0.2, 0) is 21.5 Å². The van der Waals surface area contributed by atoms with E-state index >= 15 is 0 Å². The summed E-state index contributed by atoms with van der Waals surface area (Å²) in [5.41, 5.74) is 3.11. The smallest absolute Gasteiger partial charge is 0.266 e. The minimum absolute atomic E-state index is 0.0491. The first-order chi connectivity index (χ1) is 19.2. The SMILES string of the molecule is O=C1C(=Cc2cn(-c3ccccc3)nc2-c2cccc(OCc3ccccc3F)c2)SC(=S)N1CCS(=O)(=O)O. The fraction of sp³-hybridized carbons (Fsp3) is 0.107. The molecule has 0 unspecified atom stereocenters. The molecule has 1 saturated heterocycles. The number of ether oxygens (including phenoxy) is 1. The lowest BCUT2D eigenvalue weighted by molar-refractivity contribution is -0.121. The molecule has 1 aliphatic heterocycles. The molecule has 0 aliphatic carbocycles. The highest BCUT2D eigenvalue weighted by Crippen LogP contribution is 2.35. The molecule has 1 fully saturated rings. The Morgan fingerprint density at radius 1 is 1.05 bits per heavy atom. The molecule has 0 atom stereocenters. The second-order valence-corrected chi connectivity index (χ2v) is 12.0. The molecule has 3 aromatic carbocycles. The Labute approximate surface area is 239 Å². The van der Waals surface area contributed by atoms with E-state index in [1.807, 2.05) is 36.4 Å². The predicted octanol–water partition coefficient (Wildman–Crippen LogP) is 5.35. The van der Waals surface area contributed by atoms with Crippen molar-refractivity contribution in [3.63, 3.8) is 0 Å². The highest BCUT2D eigenvalue weighted by atomic mass is 32.2. The zero-order valence-corrected chi connectivity index (χ0v) is 23.3. The Kier molecular flexibility index (Phi) is 8.12. The van der Waals surface area contributed by atoms with Crippen LogP contribution in [0.3, 0.4) is 0 Å². The van der Waals surface area contributed by atoms with Gasteiger partial charge in [-0.1, -0.05) is 72.5 Å². The molecule has 4 aromatic rings. The molecular weight excluding hydrogens is 574 g/mol. The summed E-state index contributed by atoms with van der Waals surface area (Å²) < 4.78 is 53.3. The lowest BCUT2D eigenvalue weighted by Gasteiger charge is -2.12. The van der Waals surface area contributed by atoms with Crippen molar-refractivity contribution in [2.45, 2.75) is 6.61 Å². The van der Waals surface area contributed by atoms with E-state index in [2.05, 4.69) is 0 Å². The highest BCUT2D eigenvalue weighted by molar-refractivity contribution is 8.26. The maximum Gasteiger partial charge on any atom is 0.266 e. The predicted molar refractivity (Wildman–Crippen MR) is 156 cm³/mol. The van der Waals surface area contributed by atoms with Crippen molar-refractivity contribution in [1.82, 2.24) is 14.7 Å². The Morgan fingerprint density at radius 2 is 1.80 bits per heavy atom. The second kappa shape index (κ2) is 11.7. The van der Waals surface area contributed by atoms with Gasteiger partial charge < -0.3 is 4.74 Å². The van der Waals surface area contributed by atoms with Gasteiger partial charge in [-0.15, -0.1) is 0 Å². The van der Waals surface area contributed by atoms with E-state index in [9.17, 15) is 17.6 Å². The number of carbonyl (C=O) groups excluding carboxylic acids is 1. The van der Waals surface area contributed by atoms with Crippen molar-refractivity contribution in [1.29, 1.82) is 0 Å². The Morgan fingerprint density at radius 3 is 2.55 bits per heavy atom. The minimum atomic E-state index is -4.26. The van der Waals surface area contributed by atoms with Crippen LogP contribution in [0.25, 0.3) is 23.0 Å². The van der Waals surface area contributed by atoms with Crippen LogP contribution in [0.5, 0.6) is 5.75 Å². The Bertz CT molecular complexity index is 1720. The third-order valence-corrected chi connectivity index (χ3v) is 8.03. The maximum absolute atomic E-state index is 14.1. The van der Waals surface area contributed by atoms with Gasteiger partial charge in [0.2, 0.25) is 0 Å².